The second-order valence-electron chi connectivity index (χ2n) is 7.17. The van der Waals surface area contributed by atoms with Crippen molar-refractivity contribution in [3.05, 3.63) is 68.5 Å². The number of fused-ring (bicyclic) bond motifs is 1. The van der Waals surface area contributed by atoms with E-state index in [2.05, 4.69) is 40.0 Å². The number of esters is 1. The van der Waals surface area contributed by atoms with Crippen LogP contribution < -0.4 is 15.7 Å². The molecule has 0 bridgehead atoms. The summed E-state index contributed by atoms with van der Waals surface area (Å²) in [7, 11) is 1.46. The van der Waals surface area contributed by atoms with Crippen molar-refractivity contribution in [2.45, 2.75) is 13.8 Å². The summed E-state index contributed by atoms with van der Waals surface area (Å²) in [5.74, 6) is -0.683. The number of nitrogens with zero attached hydrogens (tertiary/aromatic N) is 1. The van der Waals surface area contributed by atoms with Gasteiger partial charge in [-0.05, 0) is 55.6 Å². The number of carbonyl (C=O) groups is 2. The van der Waals surface area contributed by atoms with Gasteiger partial charge in [-0.25, -0.2) is 9.59 Å². The predicted molar refractivity (Wildman–Crippen MR) is 129 cm³/mol. The number of halogens is 1. The molecule has 174 valence electrons. The average molecular weight is 517 g/mol. The summed E-state index contributed by atoms with van der Waals surface area (Å²) in [6.07, 6.45) is 0. The maximum Gasteiger partial charge on any atom is 0.349 e. The molecule has 1 heterocycles. The van der Waals surface area contributed by atoms with Gasteiger partial charge in [-0.15, -0.1) is 0 Å². The number of anilines is 1. The van der Waals surface area contributed by atoms with Crippen LogP contribution in [0.1, 0.15) is 34.6 Å². The first kappa shape index (κ1) is 24.5. The summed E-state index contributed by atoms with van der Waals surface area (Å²) in [4.78, 5) is 39.4. The minimum absolute atomic E-state index is 0.150. The zero-order valence-corrected chi connectivity index (χ0v) is 20.2. The van der Waals surface area contributed by atoms with Crippen LogP contribution in [0.2, 0.25) is 0 Å². The number of nitrogens with one attached hydrogen (secondary N) is 1. The number of amides is 1. The van der Waals surface area contributed by atoms with Crippen LogP contribution >= 0.6 is 15.9 Å². The zero-order chi connectivity index (χ0) is 24.0. The first-order valence-electron chi connectivity index (χ1n) is 10.5. The quantitative estimate of drug-likeness (QED) is 0.334. The second-order valence-corrected chi connectivity index (χ2v) is 8.08. The molecule has 33 heavy (non-hydrogen) atoms. The Morgan fingerprint density at radius 3 is 2.42 bits per heavy atom. The van der Waals surface area contributed by atoms with Crippen molar-refractivity contribution in [2.24, 2.45) is 0 Å². The van der Waals surface area contributed by atoms with Crippen molar-refractivity contribution in [3.63, 3.8) is 0 Å². The number of hydrogen-bond acceptors (Lipinski definition) is 7. The van der Waals surface area contributed by atoms with Crippen LogP contribution in [0.25, 0.3) is 11.0 Å². The van der Waals surface area contributed by atoms with Crippen LogP contribution in [0.3, 0.4) is 0 Å². The number of rotatable bonds is 9. The van der Waals surface area contributed by atoms with Crippen molar-refractivity contribution in [3.8, 4) is 5.75 Å². The summed E-state index contributed by atoms with van der Waals surface area (Å²) < 4.78 is 16.6. The Labute approximate surface area is 199 Å². The Morgan fingerprint density at radius 1 is 1.09 bits per heavy atom. The minimum Gasteiger partial charge on any atom is -0.493 e. The van der Waals surface area contributed by atoms with E-state index in [1.807, 2.05) is 0 Å². The van der Waals surface area contributed by atoms with E-state index >= 15 is 0 Å². The molecule has 0 aliphatic rings. The van der Waals surface area contributed by atoms with Gasteiger partial charge in [0, 0.05) is 22.1 Å². The molecule has 2 aromatic carbocycles. The lowest BCUT2D eigenvalue weighted by Crippen LogP contribution is -2.27. The highest BCUT2D eigenvalue weighted by atomic mass is 79.9. The van der Waals surface area contributed by atoms with Crippen LogP contribution in [-0.4, -0.2) is 50.1 Å². The molecule has 0 spiro atoms. The van der Waals surface area contributed by atoms with Crippen LogP contribution in [0.4, 0.5) is 5.69 Å². The number of hydrogen-bond donors (Lipinski definition) is 1. The standard InChI is InChI=1S/C24H25BrN2O6/c1-4-27(5-2)10-11-32-23(29)15-6-8-18(9-7-15)26-22(28)19-13-16-12-17(25)14-20(31-3)21(16)33-24(19)30/h6-9,12-14H,4-5,10-11H2,1-3H3,(H,26,28). The first-order chi connectivity index (χ1) is 15.9. The molecule has 0 saturated heterocycles. The number of methoxy groups -OCH3 is 1. The Kier molecular flexibility index (Phi) is 8.24. The smallest absolute Gasteiger partial charge is 0.349 e. The molecule has 1 amide bonds. The number of benzene rings is 2. The van der Waals surface area contributed by atoms with Gasteiger partial charge < -0.3 is 24.1 Å². The lowest BCUT2D eigenvalue weighted by molar-refractivity contribution is 0.0466. The molecule has 0 unspecified atom stereocenters. The molecule has 0 aliphatic heterocycles. The molecule has 0 fully saturated rings. The molecule has 0 saturated carbocycles. The predicted octanol–water partition coefficient (Wildman–Crippen LogP) is 4.32. The highest BCUT2D eigenvalue weighted by Gasteiger charge is 2.17. The molecule has 3 rings (SSSR count). The number of likely N-dealkylation sites (N-methyl/N-ethyl adjacent to an activating group) is 1. The fraction of sp³-hybridized carbons (Fsp3) is 0.292. The second kappa shape index (κ2) is 11.1. The van der Waals surface area contributed by atoms with Crippen molar-refractivity contribution < 1.29 is 23.5 Å². The Balaban J connectivity index is 1.69. The zero-order valence-electron chi connectivity index (χ0n) is 18.6. The fourth-order valence-electron chi connectivity index (χ4n) is 3.26. The molecule has 1 aromatic heterocycles. The Hall–Kier alpha value is -3.17. The summed E-state index contributed by atoms with van der Waals surface area (Å²) in [5, 5.41) is 3.18. The van der Waals surface area contributed by atoms with Gasteiger partial charge in [-0.2, -0.15) is 0 Å². The molecular weight excluding hydrogens is 492 g/mol. The molecule has 3 aromatic rings. The van der Waals surface area contributed by atoms with Gasteiger partial charge in [0.2, 0.25) is 0 Å². The van der Waals surface area contributed by atoms with Crippen molar-refractivity contribution in [2.75, 3.05) is 38.7 Å². The number of carbonyl (C=O) groups excluding carboxylic acids is 2. The molecule has 0 atom stereocenters. The van der Waals surface area contributed by atoms with E-state index in [9.17, 15) is 14.4 Å². The van der Waals surface area contributed by atoms with E-state index in [1.165, 1.54) is 13.2 Å². The minimum atomic E-state index is -0.783. The maximum atomic E-state index is 12.7. The normalized spacial score (nSPS) is 10.9. The van der Waals surface area contributed by atoms with Gasteiger partial charge >= 0.3 is 11.6 Å². The van der Waals surface area contributed by atoms with Crippen molar-refractivity contribution >= 4 is 44.5 Å². The largest absolute Gasteiger partial charge is 0.493 e. The van der Waals surface area contributed by atoms with Crippen LogP contribution in [0, 0.1) is 0 Å². The SMILES string of the molecule is CCN(CC)CCOC(=O)c1ccc(NC(=O)c2cc3cc(Br)cc(OC)c3oc2=O)cc1. The maximum absolute atomic E-state index is 12.7. The first-order valence-corrected chi connectivity index (χ1v) is 11.3. The van der Waals surface area contributed by atoms with E-state index < -0.39 is 17.5 Å². The summed E-state index contributed by atoms with van der Waals surface area (Å²) >= 11 is 3.37. The monoisotopic (exact) mass is 516 g/mol. The Morgan fingerprint density at radius 2 is 1.79 bits per heavy atom. The van der Waals surface area contributed by atoms with E-state index in [4.69, 9.17) is 13.9 Å². The lowest BCUT2D eigenvalue weighted by atomic mass is 10.1. The molecule has 0 aliphatic carbocycles. The molecule has 8 nitrogen and oxygen atoms in total. The van der Waals surface area contributed by atoms with Gasteiger partial charge in [-0.1, -0.05) is 29.8 Å². The van der Waals surface area contributed by atoms with Crippen molar-refractivity contribution in [1.82, 2.24) is 4.90 Å². The molecule has 9 heteroatoms. The third-order valence-corrected chi connectivity index (χ3v) is 5.60. The summed E-state index contributed by atoms with van der Waals surface area (Å²) in [6.45, 7) is 6.86. The van der Waals surface area contributed by atoms with Crippen molar-refractivity contribution in [1.29, 1.82) is 0 Å². The van der Waals surface area contributed by atoms with Gasteiger partial charge in [0.25, 0.3) is 5.91 Å². The summed E-state index contributed by atoms with van der Waals surface area (Å²) in [6, 6.07) is 11.1. The average Bonchev–Trinajstić information content (AvgIpc) is 2.81. The fourth-order valence-corrected chi connectivity index (χ4v) is 3.71. The number of ether oxygens (including phenoxy) is 2. The highest BCUT2D eigenvalue weighted by molar-refractivity contribution is 9.10. The van der Waals surface area contributed by atoms with E-state index in [-0.39, 0.29) is 11.1 Å². The van der Waals surface area contributed by atoms with Crippen LogP contribution in [-0.2, 0) is 4.74 Å². The van der Waals surface area contributed by atoms with Gasteiger partial charge in [0.05, 0.1) is 12.7 Å². The molecular formula is C24H25BrN2O6. The summed E-state index contributed by atoms with van der Waals surface area (Å²) in [5.41, 5.74) is 0.114. The van der Waals surface area contributed by atoms with E-state index in [0.29, 0.717) is 40.0 Å². The molecule has 1 N–H and O–H groups in total. The van der Waals surface area contributed by atoms with Gasteiger partial charge in [0.1, 0.15) is 12.2 Å². The third-order valence-electron chi connectivity index (χ3n) is 5.14. The lowest BCUT2D eigenvalue weighted by Gasteiger charge is -2.17. The Bertz CT molecular complexity index is 1200. The van der Waals surface area contributed by atoms with Gasteiger partial charge in [0.15, 0.2) is 11.3 Å². The topological polar surface area (TPSA) is 98.1 Å². The van der Waals surface area contributed by atoms with Crippen LogP contribution in [0.5, 0.6) is 5.75 Å². The third kappa shape index (κ3) is 6.00. The van der Waals surface area contributed by atoms with E-state index in [0.717, 1.165) is 13.1 Å². The van der Waals surface area contributed by atoms with E-state index in [1.54, 1.807) is 36.4 Å². The molecule has 0 radical (unpaired) electrons. The van der Waals surface area contributed by atoms with Crippen LogP contribution in [0.15, 0.2) is 56.1 Å². The highest BCUT2D eigenvalue weighted by Crippen LogP contribution is 2.29. The van der Waals surface area contributed by atoms with Gasteiger partial charge in [-0.3, -0.25) is 4.79 Å².